The van der Waals surface area contributed by atoms with Gasteiger partial charge in [-0.05, 0) is 29.8 Å². The highest BCUT2D eigenvalue weighted by Gasteiger charge is 2.46. The van der Waals surface area contributed by atoms with Crippen LogP contribution in [0.3, 0.4) is 0 Å². The third-order valence-electron chi connectivity index (χ3n) is 5.32. The molecule has 2 aromatic carbocycles. The van der Waals surface area contributed by atoms with Crippen LogP contribution in [-0.4, -0.2) is 40.5 Å². The predicted octanol–water partition coefficient (Wildman–Crippen LogP) is 4.37. The lowest BCUT2D eigenvalue weighted by Gasteiger charge is -2.34. The summed E-state index contributed by atoms with van der Waals surface area (Å²) in [5, 5.41) is 0.539. The fourth-order valence-corrected chi connectivity index (χ4v) is 4.81. The molecule has 28 heavy (non-hydrogen) atoms. The molecule has 2 aliphatic rings. The summed E-state index contributed by atoms with van der Waals surface area (Å²) in [4.78, 5) is 28.4. The van der Waals surface area contributed by atoms with Gasteiger partial charge in [0.2, 0.25) is 5.91 Å². The Balaban J connectivity index is 1.40. The highest BCUT2D eigenvalue weighted by molar-refractivity contribution is 7.99. The molecular weight excluding hydrogens is 370 g/mol. The molecule has 4 nitrogen and oxygen atoms in total. The van der Waals surface area contributed by atoms with Gasteiger partial charge in [0, 0.05) is 23.1 Å². The number of fused-ring (bicyclic) bond motifs is 1. The Morgan fingerprint density at radius 1 is 1.18 bits per heavy atom. The van der Waals surface area contributed by atoms with Crippen molar-refractivity contribution in [3.05, 3.63) is 59.7 Å². The van der Waals surface area contributed by atoms with Crippen LogP contribution >= 0.6 is 11.8 Å². The summed E-state index contributed by atoms with van der Waals surface area (Å²) < 4.78 is 6.22. The average Bonchev–Trinajstić information content (AvgIpc) is 3.06. The lowest BCUT2D eigenvalue weighted by Crippen LogP contribution is -2.45. The maximum atomic E-state index is 12.8. The first-order chi connectivity index (χ1) is 13.4. The Morgan fingerprint density at radius 3 is 2.68 bits per heavy atom. The van der Waals surface area contributed by atoms with Crippen LogP contribution in [0.5, 0.6) is 5.75 Å². The molecule has 4 rings (SSSR count). The fourth-order valence-electron chi connectivity index (χ4n) is 3.97. The molecule has 5 heteroatoms. The van der Waals surface area contributed by atoms with Gasteiger partial charge in [0.1, 0.15) is 11.4 Å². The minimum absolute atomic E-state index is 0.0936. The van der Waals surface area contributed by atoms with Crippen LogP contribution in [-0.2, 0) is 11.2 Å². The molecule has 2 heterocycles. The predicted molar refractivity (Wildman–Crippen MR) is 111 cm³/mol. The van der Waals surface area contributed by atoms with Crippen LogP contribution < -0.4 is 4.74 Å². The van der Waals surface area contributed by atoms with E-state index < -0.39 is 5.60 Å². The number of carbonyl (C=O) groups excluding carboxylic acids is 2. The molecule has 0 N–H and O–H groups in total. The number of thioether (sulfide) groups is 1. The first-order valence-electron chi connectivity index (χ1n) is 9.79. The molecule has 0 aliphatic carbocycles. The van der Waals surface area contributed by atoms with Gasteiger partial charge in [-0.1, -0.05) is 38.1 Å². The van der Waals surface area contributed by atoms with E-state index >= 15 is 0 Å². The van der Waals surface area contributed by atoms with E-state index in [0.29, 0.717) is 48.9 Å². The average molecular weight is 396 g/mol. The molecule has 1 atom stereocenters. The normalized spacial score (nSPS) is 21.1. The second kappa shape index (κ2) is 7.63. The van der Waals surface area contributed by atoms with Gasteiger partial charge in [0.15, 0.2) is 5.78 Å². The Kier molecular flexibility index (Phi) is 5.19. The van der Waals surface area contributed by atoms with E-state index in [2.05, 4.69) is 26.0 Å². The number of likely N-dealkylation sites (tertiary alicyclic amines) is 1. The summed E-state index contributed by atoms with van der Waals surface area (Å²) in [6, 6.07) is 15.6. The highest BCUT2D eigenvalue weighted by atomic mass is 32.2. The molecule has 2 aromatic rings. The molecule has 0 aromatic heterocycles. The molecular formula is C23H25NO3S. The van der Waals surface area contributed by atoms with E-state index in [0.717, 1.165) is 5.56 Å². The molecule has 1 fully saturated rings. The lowest BCUT2D eigenvalue weighted by atomic mass is 9.89. The monoisotopic (exact) mass is 395 g/mol. The number of benzene rings is 2. The summed E-state index contributed by atoms with van der Waals surface area (Å²) in [7, 11) is 0. The van der Waals surface area contributed by atoms with E-state index in [1.807, 2.05) is 53.1 Å². The van der Waals surface area contributed by atoms with Crippen molar-refractivity contribution in [1.29, 1.82) is 0 Å². The summed E-state index contributed by atoms with van der Waals surface area (Å²) >= 11 is 1.82. The second-order valence-corrected chi connectivity index (χ2v) is 9.58. The third kappa shape index (κ3) is 3.95. The summed E-state index contributed by atoms with van der Waals surface area (Å²) in [6.45, 7) is 5.45. The molecule has 1 saturated heterocycles. The van der Waals surface area contributed by atoms with Gasteiger partial charge in [0.25, 0.3) is 0 Å². The number of hydrogen-bond donors (Lipinski definition) is 0. The number of hydrogen-bond acceptors (Lipinski definition) is 4. The Bertz CT molecular complexity index is 893. The maximum absolute atomic E-state index is 12.8. The van der Waals surface area contributed by atoms with Crippen LogP contribution in [0.25, 0.3) is 0 Å². The van der Waals surface area contributed by atoms with Crippen LogP contribution in [0.2, 0.25) is 0 Å². The second-order valence-electron chi connectivity index (χ2n) is 7.93. The number of rotatable bonds is 4. The SMILES string of the molecule is CC(C)Sc1ccc(CC(=O)N2CC[C@@]3(CC(=O)c4ccccc4O3)C2)cc1. The van der Waals surface area contributed by atoms with Crippen molar-refractivity contribution in [3.8, 4) is 5.75 Å². The summed E-state index contributed by atoms with van der Waals surface area (Å²) in [5.74, 6) is 0.844. The van der Waals surface area contributed by atoms with Crippen LogP contribution in [0.1, 0.15) is 42.6 Å². The van der Waals surface area contributed by atoms with Gasteiger partial charge in [-0.25, -0.2) is 0 Å². The van der Waals surface area contributed by atoms with Crippen molar-refractivity contribution in [2.45, 2.75) is 48.9 Å². The number of Topliss-reactive ketones (excluding diaryl/α,β-unsaturated/α-hetero) is 1. The van der Waals surface area contributed by atoms with Gasteiger partial charge in [-0.3, -0.25) is 9.59 Å². The van der Waals surface area contributed by atoms with E-state index in [1.165, 1.54) is 4.90 Å². The quantitative estimate of drug-likeness (QED) is 0.722. The summed E-state index contributed by atoms with van der Waals surface area (Å²) in [5.41, 5.74) is 1.10. The van der Waals surface area contributed by atoms with Crippen LogP contribution in [0, 0.1) is 0 Å². The van der Waals surface area contributed by atoms with Gasteiger partial charge in [-0.2, -0.15) is 0 Å². The van der Waals surface area contributed by atoms with Gasteiger partial charge in [-0.15, -0.1) is 11.8 Å². The smallest absolute Gasteiger partial charge is 0.227 e. The van der Waals surface area contributed by atoms with Gasteiger partial charge in [0.05, 0.1) is 24.9 Å². The minimum atomic E-state index is -0.571. The zero-order valence-electron chi connectivity index (χ0n) is 16.3. The molecule has 2 aliphatic heterocycles. The standard InChI is InChI=1S/C23H25NO3S/c1-16(2)28-18-9-7-17(8-10-18)13-22(26)24-12-11-23(15-24)14-20(25)19-5-3-4-6-21(19)27-23/h3-10,16H,11-15H2,1-2H3/t23-/m1/s1. The number of carbonyl (C=O) groups is 2. The number of ketones is 1. The van der Waals surface area contributed by atoms with Crippen molar-refractivity contribution >= 4 is 23.5 Å². The van der Waals surface area contributed by atoms with Crippen molar-refractivity contribution in [3.63, 3.8) is 0 Å². The maximum Gasteiger partial charge on any atom is 0.227 e. The highest BCUT2D eigenvalue weighted by Crippen LogP contribution is 2.38. The van der Waals surface area contributed by atoms with Gasteiger partial charge >= 0.3 is 0 Å². The van der Waals surface area contributed by atoms with E-state index in [1.54, 1.807) is 0 Å². The minimum Gasteiger partial charge on any atom is -0.484 e. The first kappa shape index (κ1) is 19.1. The van der Waals surface area contributed by atoms with Crippen molar-refractivity contribution in [1.82, 2.24) is 4.90 Å². The lowest BCUT2D eigenvalue weighted by molar-refractivity contribution is -0.130. The van der Waals surface area contributed by atoms with Crippen molar-refractivity contribution in [2.75, 3.05) is 13.1 Å². The molecule has 0 bridgehead atoms. The zero-order valence-corrected chi connectivity index (χ0v) is 17.1. The Labute approximate surface area is 170 Å². The van der Waals surface area contributed by atoms with Crippen molar-refractivity contribution < 1.29 is 14.3 Å². The number of nitrogens with zero attached hydrogens (tertiary/aromatic N) is 1. The van der Waals surface area contributed by atoms with E-state index in [4.69, 9.17) is 4.74 Å². The fraction of sp³-hybridized carbons (Fsp3) is 0.391. The topological polar surface area (TPSA) is 46.6 Å². The molecule has 0 unspecified atom stereocenters. The zero-order chi connectivity index (χ0) is 19.7. The molecule has 146 valence electrons. The molecule has 0 radical (unpaired) electrons. The summed E-state index contributed by atoms with van der Waals surface area (Å²) in [6.07, 6.45) is 1.42. The van der Waals surface area contributed by atoms with Crippen molar-refractivity contribution in [2.24, 2.45) is 0 Å². The van der Waals surface area contributed by atoms with E-state index in [-0.39, 0.29) is 11.7 Å². The number of amides is 1. The largest absolute Gasteiger partial charge is 0.484 e. The third-order valence-corrected chi connectivity index (χ3v) is 6.33. The molecule has 0 saturated carbocycles. The van der Waals surface area contributed by atoms with Crippen LogP contribution in [0.4, 0.5) is 0 Å². The Hall–Kier alpha value is -2.27. The van der Waals surface area contributed by atoms with Gasteiger partial charge < -0.3 is 9.64 Å². The number of ether oxygens (including phenoxy) is 1. The van der Waals surface area contributed by atoms with E-state index in [9.17, 15) is 9.59 Å². The molecule has 1 amide bonds. The number of para-hydroxylation sites is 1. The molecule has 1 spiro atoms. The van der Waals surface area contributed by atoms with Crippen LogP contribution in [0.15, 0.2) is 53.4 Å². The first-order valence-corrected chi connectivity index (χ1v) is 10.7. The Morgan fingerprint density at radius 2 is 1.93 bits per heavy atom.